The molecule has 4 saturated carbocycles. The molecule has 0 bridgehead atoms. The summed E-state index contributed by atoms with van der Waals surface area (Å²) in [4.78, 5) is 38.6. The molecule has 0 spiro atoms. The number of hydrogen-bond donors (Lipinski definition) is 1. The van der Waals surface area contributed by atoms with E-state index in [9.17, 15) is 19.5 Å². The second-order valence-electron chi connectivity index (χ2n) is 16.7. The van der Waals surface area contributed by atoms with Gasteiger partial charge < -0.3 is 23.5 Å². The Morgan fingerprint density at radius 2 is 1.66 bits per heavy atom. The molecule has 0 saturated heterocycles. The fourth-order valence-electron chi connectivity index (χ4n) is 10.1. The number of esters is 2. The maximum absolute atomic E-state index is 13.9. The van der Waals surface area contributed by atoms with E-state index in [1.54, 1.807) is 6.08 Å². The molecule has 0 radical (unpaired) electrons. The predicted octanol–water partition coefficient (Wildman–Crippen LogP) is 3.36. The Balaban J connectivity index is 1.40. The van der Waals surface area contributed by atoms with Gasteiger partial charge in [-0.1, -0.05) is 13.8 Å². The Bertz CT molecular complexity index is 1120. The summed E-state index contributed by atoms with van der Waals surface area (Å²) in [5.74, 6) is 0.173. The van der Waals surface area contributed by atoms with Crippen LogP contribution in [0.5, 0.6) is 0 Å². The van der Waals surface area contributed by atoms with Crippen molar-refractivity contribution < 1.29 is 37.9 Å². The minimum absolute atomic E-state index is 0.0270. The van der Waals surface area contributed by atoms with E-state index < -0.39 is 11.0 Å². The summed E-state index contributed by atoms with van der Waals surface area (Å²) in [5, 5.41) is 12.9. The molecule has 9 atom stereocenters. The molecule has 0 unspecified atom stereocenters. The standard InChI is InChI=1S/C33H54N2O6/c1-31-13-11-23(41-29(38)19-35(6,7)8)16-22(31)9-10-26-25(31)12-14-32(2)30(21-15-28(37)40-20-21)24(17-33(26,32)39)27(36)18-34(3,4)5/h15,22-26,30,39H,9-14,16-20H2,1-8H3/q+2/t22-,23-,24+,25+,26-,30+,31-,32-,33-/m0/s1. The largest absolute Gasteiger partial charge is 0.458 e. The molecule has 5 aliphatic rings. The topological polar surface area (TPSA) is 89.9 Å². The van der Waals surface area contributed by atoms with E-state index in [4.69, 9.17) is 9.47 Å². The van der Waals surface area contributed by atoms with Crippen LogP contribution in [0.1, 0.15) is 65.2 Å². The van der Waals surface area contributed by atoms with Crippen molar-refractivity contribution in [2.24, 2.45) is 40.4 Å². The molecule has 4 fully saturated rings. The fraction of sp³-hybridized carbons (Fsp3) is 0.848. The summed E-state index contributed by atoms with van der Waals surface area (Å²) >= 11 is 0. The van der Waals surface area contributed by atoms with E-state index in [0.717, 1.165) is 50.5 Å². The van der Waals surface area contributed by atoms with E-state index in [1.165, 1.54) is 0 Å². The molecular formula is C33H54N2O6+2. The average Bonchev–Trinajstić information content (AvgIpc) is 3.34. The van der Waals surface area contributed by atoms with Gasteiger partial charge in [0.15, 0.2) is 12.3 Å². The summed E-state index contributed by atoms with van der Waals surface area (Å²) in [6, 6.07) is 0. The Hall–Kier alpha value is -1.77. The van der Waals surface area contributed by atoms with Crippen LogP contribution in [0, 0.1) is 40.4 Å². The first-order chi connectivity index (χ1) is 18.9. The van der Waals surface area contributed by atoms with E-state index in [0.29, 0.717) is 40.3 Å². The van der Waals surface area contributed by atoms with Crippen molar-refractivity contribution >= 4 is 17.7 Å². The van der Waals surface area contributed by atoms with Gasteiger partial charge >= 0.3 is 11.9 Å². The Morgan fingerprint density at radius 3 is 2.27 bits per heavy atom. The zero-order chi connectivity index (χ0) is 30.2. The number of nitrogens with zero attached hydrogens (tertiary/aromatic N) is 2. The lowest BCUT2D eigenvalue weighted by Crippen LogP contribution is -2.62. The van der Waals surface area contributed by atoms with E-state index in [1.807, 2.05) is 42.3 Å². The number of carbonyl (C=O) groups excluding carboxylic acids is 3. The normalized spacial score (nSPS) is 42.5. The van der Waals surface area contributed by atoms with Crippen LogP contribution in [0.4, 0.5) is 0 Å². The van der Waals surface area contributed by atoms with Gasteiger partial charge in [0, 0.05) is 23.3 Å². The van der Waals surface area contributed by atoms with Crippen LogP contribution in [0.3, 0.4) is 0 Å². The van der Waals surface area contributed by atoms with Crippen LogP contribution in [-0.4, -0.2) is 105 Å². The van der Waals surface area contributed by atoms with Crippen LogP contribution < -0.4 is 0 Å². The minimum Gasteiger partial charge on any atom is -0.458 e. The highest BCUT2D eigenvalue weighted by molar-refractivity contribution is 5.87. The number of rotatable bonds is 7. The number of fused-ring (bicyclic) bond motifs is 5. The average molecular weight is 575 g/mol. The molecule has 0 aromatic heterocycles. The highest BCUT2D eigenvalue weighted by Crippen LogP contribution is 2.71. The van der Waals surface area contributed by atoms with Crippen LogP contribution in [0.25, 0.3) is 0 Å². The molecule has 230 valence electrons. The molecule has 0 aromatic carbocycles. The van der Waals surface area contributed by atoms with Gasteiger partial charge in [-0.15, -0.1) is 0 Å². The smallest absolute Gasteiger partial charge is 0.362 e. The SMILES string of the molecule is C[C@]12CC[C@H](OC(=O)C[N+](C)(C)C)C[C@@H]1CC[C@H]1[C@H]2CC[C@@]2(C)[C@H](C3=CC(=O)OC3)[C@@H](C(=O)C[N+](C)(C)C)C[C@]12O. The lowest BCUT2D eigenvalue weighted by Gasteiger charge is -2.63. The van der Waals surface area contributed by atoms with Crippen molar-refractivity contribution in [3.8, 4) is 0 Å². The lowest BCUT2D eigenvalue weighted by molar-refractivity contribution is -0.862. The van der Waals surface area contributed by atoms with Crippen molar-refractivity contribution in [3.05, 3.63) is 11.6 Å². The molecule has 41 heavy (non-hydrogen) atoms. The molecule has 4 aliphatic carbocycles. The summed E-state index contributed by atoms with van der Waals surface area (Å²) in [6.07, 6.45) is 8.57. The number of hydrogen-bond acceptors (Lipinski definition) is 6. The number of ketones is 1. The van der Waals surface area contributed by atoms with Gasteiger partial charge in [-0.2, -0.15) is 0 Å². The van der Waals surface area contributed by atoms with Crippen molar-refractivity contribution in [2.45, 2.75) is 76.9 Å². The third-order valence-electron chi connectivity index (χ3n) is 11.9. The van der Waals surface area contributed by atoms with Gasteiger partial charge in [-0.05, 0) is 80.1 Å². The molecule has 5 rings (SSSR count). The van der Waals surface area contributed by atoms with E-state index >= 15 is 0 Å². The Morgan fingerprint density at radius 1 is 0.976 bits per heavy atom. The van der Waals surface area contributed by atoms with Crippen molar-refractivity contribution in [1.82, 2.24) is 0 Å². The first-order valence-electron chi connectivity index (χ1n) is 15.8. The molecule has 0 aromatic rings. The second-order valence-corrected chi connectivity index (χ2v) is 16.7. The van der Waals surface area contributed by atoms with Gasteiger partial charge in [0.05, 0.1) is 47.9 Å². The third kappa shape index (κ3) is 5.42. The third-order valence-corrected chi connectivity index (χ3v) is 11.9. The van der Waals surface area contributed by atoms with Gasteiger partial charge in [0.1, 0.15) is 19.3 Å². The van der Waals surface area contributed by atoms with Crippen LogP contribution in [-0.2, 0) is 23.9 Å². The van der Waals surface area contributed by atoms with Gasteiger partial charge in [-0.3, -0.25) is 4.79 Å². The summed E-state index contributed by atoms with van der Waals surface area (Å²) in [6.45, 7) is 5.61. The minimum atomic E-state index is -0.972. The maximum atomic E-state index is 13.9. The van der Waals surface area contributed by atoms with Crippen molar-refractivity contribution in [3.63, 3.8) is 0 Å². The molecule has 8 heteroatoms. The molecule has 1 aliphatic heterocycles. The molecule has 1 heterocycles. The van der Waals surface area contributed by atoms with Gasteiger partial charge in [-0.25, -0.2) is 9.59 Å². The molecule has 0 amide bonds. The second kappa shape index (κ2) is 10.2. The molecular weight excluding hydrogens is 520 g/mol. The highest BCUT2D eigenvalue weighted by atomic mass is 16.5. The number of cyclic esters (lactones) is 1. The molecule has 1 N–H and O–H groups in total. The monoisotopic (exact) mass is 574 g/mol. The van der Waals surface area contributed by atoms with Crippen molar-refractivity contribution in [2.75, 3.05) is 62.0 Å². The van der Waals surface area contributed by atoms with E-state index in [-0.39, 0.29) is 53.6 Å². The van der Waals surface area contributed by atoms with Gasteiger partial charge in [0.2, 0.25) is 0 Å². The number of carbonyl (C=O) groups is 3. The maximum Gasteiger partial charge on any atom is 0.362 e. The van der Waals surface area contributed by atoms with Crippen LogP contribution in [0.15, 0.2) is 11.6 Å². The quantitative estimate of drug-likeness (QED) is 0.371. The highest BCUT2D eigenvalue weighted by Gasteiger charge is 2.71. The fourth-order valence-corrected chi connectivity index (χ4v) is 10.1. The lowest BCUT2D eigenvalue weighted by atomic mass is 9.43. The van der Waals surface area contributed by atoms with Gasteiger partial charge in [0.25, 0.3) is 0 Å². The first kappa shape index (κ1) is 30.7. The summed E-state index contributed by atoms with van der Waals surface area (Å²) in [7, 11) is 12.1. The van der Waals surface area contributed by atoms with Crippen LogP contribution >= 0.6 is 0 Å². The molecule has 8 nitrogen and oxygen atoms in total. The number of Topliss-reactive ketones (excluding diaryl/α,β-unsaturated/α-hetero) is 1. The van der Waals surface area contributed by atoms with Crippen LogP contribution in [0.2, 0.25) is 0 Å². The number of aliphatic hydroxyl groups is 1. The Kier molecular flexibility index (Phi) is 7.60. The predicted molar refractivity (Wildman–Crippen MR) is 155 cm³/mol. The summed E-state index contributed by atoms with van der Waals surface area (Å²) in [5.41, 5.74) is -0.488. The first-order valence-corrected chi connectivity index (χ1v) is 15.8. The number of likely N-dealkylation sites (N-methyl/N-ethyl adjacent to an activating group) is 2. The summed E-state index contributed by atoms with van der Waals surface area (Å²) < 4.78 is 12.4. The zero-order valence-electron chi connectivity index (χ0n) is 26.7. The van der Waals surface area contributed by atoms with E-state index in [2.05, 4.69) is 13.8 Å². The number of quaternary nitrogens is 2. The Labute approximate surface area is 246 Å². The number of ether oxygens (including phenoxy) is 2. The van der Waals surface area contributed by atoms with Crippen molar-refractivity contribution in [1.29, 1.82) is 0 Å². The zero-order valence-corrected chi connectivity index (χ0v) is 26.7.